The van der Waals surface area contributed by atoms with E-state index in [0.29, 0.717) is 10.2 Å². The quantitative estimate of drug-likeness (QED) is 0.797. The molecule has 0 aliphatic heterocycles. The Balaban J connectivity index is 2.25. The second-order valence-corrected chi connectivity index (χ2v) is 4.82. The largest absolute Gasteiger partial charge is 0.247 e. The summed E-state index contributed by atoms with van der Waals surface area (Å²) in [5, 5.41) is 2.05. The molecule has 0 amide bonds. The van der Waals surface area contributed by atoms with Crippen LogP contribution in [0.1, 0.15) is 0 Å². The van der Waals surface area contributed by atoms with Crippen molar-refractivity contribution >= 4 is 39.3 Å². The number of halogens is 2. The molecule has 2 heterocycles. The Morgan fingerprint density at radius 1 is 1.20 bits per heavy atom. The Kier molecular flexibility index (Phi) is 3.56. The highest BCUT2D eigenvalue weighted by Gasteiger charge is 2.06. The van der Waals surface area contributed by atoms with Crippen molar-refractivity contribution in [3.05, 3.63) is 40.2 Å². The number of hydrogen-bond donors (Lipinski definition) is 0. The van der Waals surface area contributed by atoms with Gasteiger partial charge in [0.25, 0.3) is 0 Å². The summed E-state index contributed by atoms with van der Waals surface area (Å²) >= 11 is 10.6. The van der Waals surface area contributed by atoms with Crippen LogP contribution < -0.4 is 0 Å². The third kappa shape index (κ3) is 2.90. The summed E-state index contributed by atoms with van der Waals surface area (Å²) in [4.78, 5) is 12.4. The minimum atomic E-state index is 0.597. The van der Waals surface area contributed by atoms with E-state index in [1.165, 1.54) is 11.8 Å². The van der Waals surface area contributed by atoms with Gasteiger partial charge in [-0.1, -0.05) is 11.6 Å². The molecular formula is C9H5BrClN3S. The van der Waals surface area contributed by atoms with Gasteiger partial charge in [-0.25, -0.2) is 15.0 Å². The van der Waals surface area contributed by atoms with Crippen LogP contribution in [0.15, 0.2) is 45.4 Å². The lowest BCUT2D eigenvalue weighted by Gasteiger charge is -2.01. The summed E-state index contributed by atoms with van der Waals surface area (Å²) in [7, 11) is 0. The zero-order chi connectivity index (χ0) is 10.7. The van der Waals surface area contributed by atoms with E-state index in [1.807, 2.05) is 0 Å². The van der Waals surface area contributed by atoms with Gasteiger partial charge in [0.15, 0.2) is 5.16 Å². The zero-order valence-electron chi connectivity index (χ0n) is 7.39. The monoisotopic (exact) mass is 301 g/mol. The number of hydrogen-bond acceptors (Lipinski definition) is 4. The highest BCUT2D eigenvalue weighted by Crippen LogP contribution is 2.30. The summed E-state index contributed by atoms with van der Waals surface area (Å²) in [6.07, 6.45) is 4.98. The summed E-state index contributed by atoms with van der Waals surface area (Å²) in [5.41, 5.74) is 0. The van der Waals surface area contributed by atoms with Gasteiger partial charge in [0.2, 0.25) is 0 Å². The fraction of sp³-hybridized carbons (Fsp3) is 0. The Morgan fingerprint density at radius 2 is 1.93 bits per heavy atom. The molecule has 76 valence electrons. The summed E-state index contributed by atoms with van der Waals surface area (Å²) in [6, 6.07) is 3.56. The molecule has 0 radical (unpaired) electrons. The van der Waals surface area contributed by atoms with E-state index < -0.39 is 0 Å². The standard InChI is InChI=1S/C9H5BrClN3S/c10-7-4-6(11)5-14-8(7)15-9-12-2-1-3-13-9/h1-5H. The van der Waals surface area contributed by atoms with E-state index >= 15 is 0 Å². The Bertz CT molecular complexity index is 466. The first-order valence-electron chi connectivity index (χ1n) is 4.01. The van der Waals surface area contributed by atoms with Crippen LogP contribution >= 0.6 is 39.3 Å². The van der Waals surface area contributed by atoms with E-state index in [4.69, 9.17) is 11.6 Å². The van der Waals surface area contributed by atoms with Crippen LogP contribution in [0.25, 0.3) is 0 Å². The van der Waals surface area contributed by atoms with Gasteiger partial charge in [0.05, 0.1) is 9.50 Å². The highest BCUT2D eigenvalue weighted by molar-refractivity contribution is 9.10. The van der Waals surface area contributed by atoms with Crippen molar-refractivity contribution < 1.29 is 0 Å². The van der Waals surface area contributed by atoms with E-state index in [-0.39, 0.29) is 0 Å². The third-order valence-electron chi connectivity index (χ3n) is 1.50. The maximum Gasteiger partial charge on any atom is 0.193 e. The molecule has 0 aliphatic carbocycles. The SMILES string of the molecule is Clc1cnc(Sc2ncccn2)c(Br)c1. The molecule has 0 fully saturated rings. The molecule has 0 unspecified atom stereocenters. The Labute approximate surface area is 104 Å². The predicted molar refractivity (Wildman–Crippen MR) is 63.1 cm³/mol. The maximum absolute atomic E-state index is 5.79. The molecule has 3 nitrogen and oxygen atoms in total. The molecule has 0 spiro atoms. The van der Waals surface area contributed by atoms with Gasteiger partial charge in [-0.15, -0.1) is 0 Å². The minimum absolute atomic E-state index is 0.597. The van der Waals surface area contributed by atoms with Gasteiger partial charge in [-0.05, 0) is 39.8 Å². The van der Waals surface area contributed by atoms with Gasteiger partial charge in [-0.3, -0.25) is 0 Å². The van der Waals surface area contributed by atoms with Crippen molar-refractivity contribution in [2.45, 2.75) is 10.2 Å². The van der Waals surface area contributed by atoms with Crippen LogP contribution in [0.2, 0.25) is 5.02 Å². The molecule has 0 saturated heterocycles. The molecule has 2 rings (SSSR count). The van der Waals surface area contributed by atoms with E-state index in [1.54, 1.807) is 30.7 Å². The predicted octanol–water partition coefficient (Wildman–Crippen LogP) is 3.44. The molecule has 6 heteroatoms. The molecule has 15 heavy (non-hydrogen) atoms. The molecule has 0 aliphatic rings. The summed E-state index contributed by atoms with van der Waals surface area (Å²) in [6.45, 7) is 0. The average molecular weight is 303 g/mol. The van der Waals surface area contributed by atoms with Gasteiger partial charge >= 0.3 is 0 Å². The van der Waals surface area contributed by atoms with Crippen molar-refractivity contribution in [1.82, 2.24) is 15.0 Å². The molecular weight excluding hydrogens is 298 g/mol. The van der Waals surface area contributed by atoms with Crippen LogP contribution in [0.5, 0.6) is 0 Å². The van der Waals surface area contributed by atoms with Gasteiger partial charge in [-0.2, -0.15) is 0 Å². The van der Waals surface area contributed by atoms with E-state index in [2.05, 4.69) is 30.9 Å². The fourth-order valence-electron chi connectivity index (χ4n) is 0.902. The smallest absolute Gasteiger partial charge is 0.193 e. The van der Waals surface area contributed by atoms with Crippen LogP contribution in [0.4, 0.5) is 0 Å². The second-order valence-electron chi connectivity index (χ2n) is 2.57. The maximum atomic E-state index is 5.79. The molecule has 0 bridgehead atoms. The van der Waals surface area contributed by atoms with Gasteiger partial charge < -0.3 is 0 Å². The topological polar surface area (TPSA) is 38.7 Å². The molecule has 0 saturated carbocycles. The average Bonchev–Trinajstić information content (AvgIpc) is 2.24. The number of nitrogens with zero attached hydrogens (tertiary/aromatic N) is 3. The summed E-state index contributed by atoms with van der Waals surface area (Å²) in [5.74, 6) is 0. The molecule has 2 aromatic heterocycles. The molecule has 2 aromatic rings. The van der Waals surface area contributed by atoms with Crippen LogP contribution in [-0.2, 0) is 0 Å². The van der Waals surface area contributed by atoms with Crippen molar-refractivity contribution in [3.8, 4) is 0 Å². The van der Waals surface area contributed by atoms with Crippen molar-refractivity contribution in [2.75, 3.05) is 0 Å². The lowest BCUT2D eigenvalue weighted by molar-refractivity contribution is 0.958. The molecule has 0 aromatic carbocycles. The van der Waals surface area contributed by atoms with Crippen LogP contribution in [0, 0.1) is 0 Å². The van der Waals surface area contributed by atoms with Gasteiger partial charge in [0.1, 0.15) is 5.03 Å². The Morgan fingerprint density at radius 3 is 2.60 bits per heavy atom. The highest BCUT2D eigenvalue weighted by atomic mass is 79.9. The third-order valence-corrected chi connectivity index (χ3v) is 3.49. The van der Waals surface area contributed by atoms with E-state index in [0.717, 1.165) is 9.50 Å². The van der Waals surface area contributed by atoms with Crippen molar-refractivity contribution in [3.63, 3.8) is 0 Å². The second kappa shape index (κ2) is 4.92. The molecule has 0 atom stereocenters. The molecule has 0 N–H and O–H groups in total. The lowest BCUT2D eigenvalue weighted by Crippen LogP contribution is -1.86. The number of aromatic nitrogens is 3. The first kappa shape index (κ1) is 10.9. The lowest BCUT2D eigenvalue weighted by atomic mass is 10.5. The fourth-order valence-corrected chi connectivity index (χ4v) is 2.45. The van der Waals surface area contributed by atoms with Crippen molar-refractivity contribution in [2.24, 2.45) is 0 Å². The van der Waals surface area contributed by atoms with Crippen LogP contribution in [0.3, 0.4) is 0 Å². The van der Waals surface area contributed by atoms with Crippen molar-refractivity contribution in [1.29, 1.82) is 0 Å². The first-order valence-corrected chi connectivity index (χ1v) is 6.00. The normalized spacial score (nSPS) is 10.3. The number of rotatable bonds is 2. The Hall–Kier alpha value is -0.650. The minimum Gasteiger partial charge on any atom is -0.247 e. The van der Waals surface area contributed by atoms with Crippen LogP contribution in [-0.4, -0.2) is 15.0 Å². The zero-order valence-corrected chi connectivity index (χ0v) is 10.6. The first-order chi connectivity index (χ1) is 7.25. The van der Waals surface area contributed by atoms with E-state index in [9.17, 15) is 0 Å². The van der Waals surface area contributed by atoms with Gasteiger partial charge in [0, 0.05) is 18.6 Å². The summed E-state index contributed by atoms with van der Waals surface area (Å²) < 4.78 is 0.840. The number of pyridine rings is 1.